The molecule has 1 amide bonds. The van der Waals surface area contributed by atoms with E-state index in [9.17, 15) is 9.59 Å². The second kappa shape index (κ2) is 7.92. The fraction of sp³-hybridized carbons (Fsp3) is 0.600. The summed E-state index contributed by atoms with van der Waals surface area (Å²) in [6, 6.07) is 2.15. The number of ketones is 1. The smallest absolute Gasteiger partial charge is 0.223 e. The van der Waals surface area contributed by atoms with Gasteiger partial charge in [0.2, 0.25) is 5.91 Å². The zero-order valence-electron chi connectivity index (χ0n) is 12.8. The van der Waals surface area contributed by atoms with Crippen molar-refractivity contribution < 1.29 is 9.59 Å². The molecule has 118 valence electrons. The number of thiophene rings is 1. The van der Waals surface area contributed by atoms with E-state index in [0.29, 0.717) is 12.8 Å². The van der Waals surface area contributed by atoms with Crippen LogP contribution in [0.25, 0.3) is 0 Å². The summed E-state index contributed by atoms with van der Waals surface area (Å²) in [5.41, 5.74) is 0.786. The third-order valence-electron chi connectivity index (χ3n) is 3.73. The molecule has 0 radical (unpaired) electrons. The molecule has 0 spiro atoms. The molecule has 0 saturated carbocycles. The summed E-state index contributed by atoms with van der Waals surface area (Å²) in [5, 5.41) is 3.26. The predicted molar refractivity (Wildman–Crippen MR) is 88.7 cm³/mol. The lowest BCUT2D eigenvalue weighted by atomic mass is 10.1. The number of carbonyl (C=O) groups is 2. The number of Topliss-reactive ketones (excluding diaryl/α,β-unsaturated/α-hetero) is 1. The number of rotatable bonds is 4. The van der Waals surface area contributed by atoms with Crippen molar-refractivity contribution in [3.05, 3.63) is 21.4 Å². The van der Waals surface area contributed by atoms with Gasteiger partial charge in [-0.05, 0) is 26.8 Å². The number of amides is 1. The van der Waals surface area contributed by atoms with E-state index in [1.54, 1.807) is 11.3 Å². The van der Waals surface area contributed by atoms with Crippen LogP contribution in [0.3, 0.4) is 0 Å². The number of nitrogens with zero attached hydrogens (tertiary/aromatic N) is 1. The number of piperazine rings is 1. The van der Waals surface area contributed by atoms with Gasteiger partial charge in [0.25, 0.3) is 0 Å². The molecule has 1 fully saturated rings. The Morgan fingerprint density at radius 1 is 1.38 bits per heavy atom. The van der Waals surface area contributed by atoms with E-state index in [-0.39, 0.29) is 30.1 Å². The first-order valence-electron chi connectivity index (χ1n) is 7.09. The Morgan fingerprint density at radius 3 is 2.67 bits per heavy atom. The molecule has 1 aromatic rings. The molecule has 6 heteroatoms. The summed E-state index contributed by atoms with van der Waals surface area (Å²) in [6.07, 6.45) is 0.629. The summed E-state index contributed by atoms with van der Waals surface area (Å²) in [6.45, 7) is 8.42. The predicted octanol–water partition coefficient (Wildman–Crippen LogP) is 2.57. The lowest BCUT2D eigenvalue weighted by Gasteiger charge is -2.34. The lowest BCUT2D eigenvalue weighted by Crippen LogP contribution is -2.52. The Balaban J connectivity index is 0.00000220. The van der Waals surface area contributed by atoms with Crippen molar-refractivity contribution in [1.82, 2.24) is 10.2 Å². The monoisotopic (exact) mass is 330 g/mol. The first-order valence-corrected chi connectivity index (χ1v) is 7.91. The van der Waals surface area contributed by atoms with Gasteiger partial charge in [0, 0.05) is 53.8 Å². The summed E-state index contributed by atoms with van der Waals surface area (Å²) >= 11 is 1.64. The quantitative estimate of drug-likeness (QED) is 0.863. The van der Waals surface area contributed by atoms with Crippen LogP contribution >= 0.6 is 23.7 Å². The molecule has 2 heterocycles. The van der Waals surface area contributed by atoms with Crippen LogP contribution in [-0.4, -0.2) is 42.3 Å². The van der Waals surface area contributed by atoms with Crippen LogP contribution in [0.4, 0.5) is 0 Å². The Morgan fingerprint density at radius 2 is 2.10 bits per heavy atom. The molecule has 1 unspecified atom stereocenters. The van der Waals surface area contributed by atoms with Gasteiger partial charge in [-0.2, -0.15) is 0 Å². The van der Waals surface area contributed by atoms with E-state index in [1.807, 2.05) is 31.7 Å². The number of aryl methyl sites for hydroxylation is 2. The van der Waals surface area contributed by atoms with Crippen LogP contribution in [0.1, 0.15) is 39.9 Å². The van der Waals surface area contributed by atoms with Gasteiger partial charge in [-0.1, -0.05) is 0 Å². The SMILES string of the molecule is Cc1cc(C(=O)CCC(=O)N2CCNCC2C)c(C)s1.Cl. The molecule has 2 rings (SSSR count). The van der Waals surface area contributed by atoms with Gasteiger partial charge in [-0.3, -0.25) is 9.59 Å². The molecule has 1 aromatic heterocycles. The van der Waals surface area contributed by atoms with Crippen molar-refractivity contribution in [3.63, 3.8) is 0 Å². The number of hydrogen-bond donors (Lipinski definition) is 1. The zero-order valence-corrected chi connectivity index (χ0v) is 14.4. The van der Waals surface area contributed by atoms with E-state index >= 15 is 0 Å². The number of nitrogens with one attached hydrogen (secondary N) is 1. The van der Waals surface area contributed by atoms with Gasteiger partial charge >= 0.3 is 0 Å². The third-order valence-corrected chi connectivity index (χ3v) is 4.69. The van der Waals surface area contributed by atoms with E-state index in [2.05, 4.69) is 5.32 Å². The summed E-state index contributed by atoms with van der Waals surface area (Å²) in [5.74, 6) is 0.181. The molecule has 21 heavy (non-hydrogen) atoms. The molecule has 1 aliphatic rings. The maximum absolute atomic E-state index is 12.2. The van der Waals surface area contributed by atoms with Crippen molar-refractivity contribution in [2.75, 3.05) is 19.6 Å². The Labute approximate surface area is 136 Å². The molecular formula is C15H23ClN2O2S. The van der Waals surface area contributed by atoms with Gasteiger partial charge in [-0.25, -0.2) is 0 Å². The van der Waals surface area contributed by atoms with Gasteiger partial charge in [-0.15, -0.1) is 23.7 Å². The average Bonchev–Trinajstić information content (AvgIpc) is 2.75. The topological polar surface area (TPSA) is 49.4 Å². The van der Waals surface area contributed by atoms with Gasteiger partial charge < -0.3 is 10.2 Å². The van der Waals surface area contributed by atoms with Crippen LogP contribution in [0, 0.1) is 13.8 Å². The van der Waals surface area contributed by atoms with Crippen molar-refractivity contribution in [1.29, 1.82) is 0 Å². The highest BCUT2D eigenvalue weighted by molar-refractivity contribution is 7.12. The van der Waals surface area contributed by atoms with Gasteiger partial charge in [0.05, 0.1) is 0 Å². The average molecular weight is 331 g/mol. The Hall–Kier alpha value is -0.910. The number of halogens is 1. The standard InChI is InChI=1S/C15H22N2O2S.ClH/c1-10-9-16-6-7-17(10)15(19)5-4-14(18)13-8-11(2)20-12(13)3;/h8,10,16H,4-7,9H2,1-3H3;1H. The molecule has 0 aliphatic carbocycles. The van der Waals surface area contributed by atoms with Crippen molar-refractivity contribution in [2.24, 2.45) is 0 Å². The normalized spacial score (nSPS) is 18.2. The second-order valence-corrected chi connectivity index (χ2v) is 6.85. The van der Waals surface area contributed by atoms with Crippen LogP contribution in [0.5, 0.6) is 0 Å². The molecule has 1 aliphatic heterocycles. The summed E-state index contributed by atoms with van der Waals surface area (Å²) in [4.78, 5) is 28.4. The minimum atomic E-state index is 0. The van der Waals surface area contributed by atoms with E-state index in [4.69, 9.17) is 0 Å². The number of carbonyl (C=O) groups excluding carboxylic acids is 2. The minimum absolute atomic E-state index is 0. The molecule has 0 aromatic carbocycles. The fourth-order valence-electron chi connectivity index (χ4n) is 2.62. The Kier molecular flexibility index (Phi) is 6.84. The van der Waals surface area contributed by atoms with Gasteiger partial charge in [0.15, 0.2) is 5.78 Å². The maximum Gasteiger partial charge on any atom is 0.223 e. The second-order valence-electron chi connectivity index (χ2n) is 5.39. The largest absolute Gasteiger partial charge is 0.337 e. The number of hydrogen-bond acceptors (Lipinski definition) is 4. The van der Waals surface area contributed by atoms with E-state index in [0.717, 1.165) is 35.0 Å². The first-order chi connectivity index (χ1) is 9.49. The van der Waals surface area contributed by atoms with Crippen LogP contribution < -0.4 is 5.32 Å². The van der Waals surface area contributed by atoms with Crippen LogP contribution in [0.2, 0.25) is 0 Å². The van der Waals surface area contributed by atoms with E-state index < -0.39 is 0 Å². The highest BCUT2D eigenvalue weighted by atomic mass is 35.5. The molecule has 4 nitrogen and oxygen atoms in total. The minimum Gasteiger partial charge on any atom is -0.337 e. The Bertz CT molecular complexity index is 516. The molecule has 1 atom stereocenters. The highest BCUT2D eigenvalue weighted by Gasteiger charge is 2.23. The summed E-state index contributed by atoms with van der Waals surface area (Å²) in [7, 11) is 0. The van der Waals surface area contributed by atoms with Crippen molar-refractivity contribution in [3.8, 4) is 0 Å². The van der Waals surface area contributed by atoms with E-state index in [1.165, 1.54) is 0 Å². The highest BCUT2D eigenvalue weighted by Crippen LogP contribution is 2.22. The summed E-state index contributed by atoms with van der Waals surface area (Å²) < 4.78 is 0. The molecular weight excluding hydrogens is 308 g/mol. The van der Waals surface area contributed by atoms with Crippen LogP contribution in [0.15, 0.2) is 6.07 Å². The molecule has 1 saturated heterocycles. The van der Waals surface area contributed by atoms with Gasteiger partial charge in [0.1, 0.15) is 0 Å². The zero-order chi connectivity index (χ0) is 14.7. The molecule has 0 bridgehead atoms. The van der Waals surface area contributed by atoms with Crippen molar-refractivity contribution in [2.45, 2.75) is 39.7 Å². The van der Waals surface area contributed by atoms with Crippen LogP contribution in [-0.2, 0) is 4.79 Å². The molecule has 1 N–H and O–H groups in total. The third kappa shape index (κ3) is 4.53. The first kappa shape index (κ1) is 18.1. The fourth-order valence-corrected chi connectivity index (χ4v) is 3.56. The lowest BCUT2D eigenvalue weighted by molar-refractivity contribution is -0.133. The maximum atomic E-state index is 12.2. The van der Waals surface area contributed by atoms with Crippen molar-refractivity contribution >= 4 is 35.4 Å².